The number of pyridine rings is 1. The first-order chi connectivity index (χ1) is 13.1. The van der Waals surface area contributed by atoms with Crippen molar-refractivity contribution in [3.63, 3.8) is 0 Å². The molecule has 2 aliphatic rings. The first-order valence-electron chi connectivity index (χ1n) is 8.96. The van der Waals surface area contributed by atoms with Gasteiger partial charge in [-0.05, 0) is 49.2 Å². The van der Waals surface area contributed by atoms with E-state index < -0.39 is 0 Å². The van der Waals surface area contributed by atoms with Crippen LogP contribution in [0.3, 0.4) is 0 Å². The van der Waals surface area contributed by atoms with Crippen molar-refractivity contribution in [2.24, 2.45) is 11.8 Å². The number of carbonyl (C=O) groups is 3. The van der Waals surface area contributed by atoms with E-state index in [0.717, 1.165) is 25.7 Å². The first-order valence-corrected chi connectivity index (χ1v) is 9.34. The number of aromatic nitrogens is 1. The molecule has 2 heterocycles. The van der Waals surface area contributed by atoms with Crippen LogP contribution in [0.15, 0.2) is 42.6 Å². The summed E-state index contributed by atoms with van der Waals surface area (Å²) in [5.74, 6) is -0.971. The highest BCUT2D eigenvalue weighted by Crippen LogP contribution is 2.40. The number of fused-ring (bicyclic) bond motifs is 1. The average Bonchev–Trinajstić information content (AvgIpc) is 2.95. The second-order valence-electron chi connectivity index (χ2n) is 6.85. The summed E-state index contributed by atoms with van der Waals surface area (Å²) < 4.78 is 0. The molecule has 0 unspecified atom stereocenters. The molecule has 2 aromatic rings. The molecule has 1 saturated heterocycles. The number of carbonyl (C=O) groups excluding carboxylic acids is 3. The maximum absolute atomic E-state index is 12.7. The number of benzene rings is 1. The van der Waals surface area contributed by atoms with Gasteiger partial charge in [-0.15, -0.1) is 0 Å². The number of anilines is 2. The zero-order valence-electron chi connectivity index (χ0n) is 14.5. The van der Waals surface area contributed by atoms with Gasteiger partial charge in [0.05, 0.1) is 23.2 Å². The number of rotatable bonds is 3. The lowest BCUT2D eigenvalue weighted by Gasteiger charge is -2.19. The number of halogens is 1. The Labute approximate surface area is 161 Å². The highest BCUT2D eigenvalue weighted by Gasteiger charge is 2.48. The van der Waals surface area contributed by atoms with Crippen molar-refractivity contribution >= 4 is 40.7 Å². The molecule has 6 nitrogen and oxygen atoms in total. The van der Waals surface area contributed by atoms with Gasteiger partial charge in [0.15, 0.2) is 5.15 Å². The third kappa shape index (κ3) is 3.21. The molecule has 4 rings (SSSR count). The summed E-state index contributed by atoms with van der Waals surface area (Å²) in [5.41, 5.74) is 1.33. The Balaban J connectivity index is 1.52. The van der Waals surface area contributed by atoms with E-state index in [-0.39, 0.29) is 34.7 Å². The van der Waals surface area contributed by atoms with Gasteiger partial charge < -0.3 is 5.32 Å². The van der Waals surface area contributed by atoms with Crippen LogP contribution in [0.4, 0.5) is 11.4 Å². The highest BCUT2D eigenvalue weighted by molar-refractivity contribution is 6.32. The summed E-state index contributed by atoms with van der Waals surface area (Å²) in [6, 6.07) is 9.79. The van der Waals surface area contributed by atoms with E-state index in [4.69, 9.17) is 11.6 Å². The Hall–Kier alpha value is -2.73. The molecule has 27 heavy (non-hydrogen) atoms. The molecule has 1 saturated carbocycles. The second-order valence-corrected chi connectivity index (χ2v) is 7.21. The summed E-state index contributed by atoms with van der Waals surface area (Å²) in [4.78, 5) is 42.9. The van der Waals surface area contributed by atoms with Gasteiger partial charge in [0.25, 0.3) is 5.91 Å². The Bertz CT molecular complexity index is 889. The number of nitrogens with zero attached hydrogens (tertiary/aromatic N) is 2. The number of hydrogen-bond acceptors (Lipinski definition) is 4. The minimum atomic E-state index is -0.343. The van der Waals surface area contributed by atoms with Crippen LogP contribution in [0.25, 0.3) is 0 Å². The molecular formula is C20H18ClN3O3. The third-order valence-electron chi connectivity index (χ3n) is 5.24. The van der Waals surface area contributed by atoms with Crippen molar-refractivity contribution in [2.45, 2.75) is 25.7 Å². The highest BCUT2D eigenvalue weighted by atomic mass is 35.5. The predicted octanol–water partition coefficient (Wildman–Crippen LogP) is 3.67. The van der Waals surface area contributed by atoms with E-state index in [1.54, 1.807) is 36.4 Å². The fourth-order valence-corrected chi connectivity index (χ4v) is 4.02. The average molecular weight is 384 g/mol. The standard InChI is InChI=1S/C20H18ClN3O3/c21-17-16(6-3-11-22-17)23-18(25)12-7-9-13(10-8-12)24-19(26)14-4-1-2-5-15(14)20(24)27/h3,6-11,14-15H,1-2,4-5H2,(H,23,25)/t14-,15-/m1/s1. The van der Waals surface area contributed by atoms with Crippen LogP contribution in [0, 0.1) is 11.8 Å². The number of nitrogens with one attached hydrogen (secondary N) is 1. The Morgan fingerprint density at radius 3 is 2.26 bits per heavy atom. The van der Waals surface area contributed by atoms with E-state index in [0.29, 0.717) is 16.9 Å². The molecule has 1 aromatic heterocycles. The van der Waals surface area contributed by atoms with Gasteiger partial charge >= 0.3 is 0 Å². The Morgan fingerprint density at radius 2 is 1.67 bits per heavy atom. The van der Waals surface area contributed by atoms with Crippen molar-refractivity contribution in [3.05, 3.63) is 53.3 Å². The minimum absolute atomic E-state index is 0.121. The fraction of sp³-hybridized carbons (Fsp3) is 0.300. The molecule has 138 valence electrons. The third-order valence-corrected chi connectivity index (χ3v) is 5.54. The summed E-state index contributed by atoms with van der Waals surface area (Å²) in [7, 11) is 0. The lowest BCUT2D eigenvalue weighted by Crippen LogP contribution is -2.30. The van der Waals surface area contributed by atoms with Crippen LogP contribution in [0.5, 0.6) is 0 Å². The molecule has 3 amide bonds. The van der Waals surface area contributed by atoms with Gasteiger partial charge in [-0.3, -0.25) is 19.3 Å². The summed E-state index contributed by atoms with van der Waals surface area (Å²) in [6.45, 7) is 0. The van der Waals surface area contributed by atoms with E-state index in [1.807, 2.05) is 0 Å². The van der Waals surface area contributed by atoms with Gasteiger partial charge in [0.2, 0.25) is 11.8 Å². The molecule has 0 bridgehead atoms. The van der Waals surface area contributed by atoms with Crippen molar-refractivity contribution in [3.8, 4) is 0 Å². The Morgan fingerprint density at radius 1 is 1.04 bits per heavy atom. The molecule has 0 spiro atoms. The van der Waals surface area contributed by atoms with Gasteiger partial charge in [0.1, 0.15) is 0 Å². The first kappa shape index (κ1) is 17.7. The quantitative estimate of drug-likeness (QED) is 0.647. The molecule has 1 N–H and O–H groups in total. The minimum Gasteiger partial charge on any atom is -0.319 e. The van der Waals surface area contributed by atoms with Crippen molar-refractivity contribution < 1.29 is 14.4 Å². The van der Waals surface area contributed by atoms with E-state index in [2.05, 4.69) is 10.3 Å². The van der Waals surface area contributed by atoms with Gasteiger partial charge in [-0.25, -0.2) is 4.98 Å². The van der Waals surface area contributed by atoms with Gasteiger partial charge in [-0.1, -0.05) is 24.4 Å². The van der Waals surface area contributed by atoms with Crippen LogP contribution >= 0.6 is 11.6 Å². The SMILES string of the molecule is O=C(Nc1cccnc1Cl)c1ccc(N2C(=O)[C@@H]3CCCC[C@H]3C2=O)cc1. The molecule has 2 atom stereocenters. The zero-order chi connectivity index (χ0) is 19.0. The van der Waals surface area contributed by atoms with Crippen LogP contribution in [-0.4, -0.2) is 22.7 Å². The molecular weight excluding hydrogens is 366 g/mol. The van der Waals surface area contributed by atoms with E-state index in [9.17, 15) is 14.4 Å². The molecule has 0 radical (unpaired) electrons. The van der Waals surface area contributed by atoms with E-state index in [1.165, 1.54) is 11.1 Å². The van der Waals surface area contributed by atoms with Crippen molar-refractivity contribution in [1.29, 1.82) is 0 Å². The Kier molecular flexibility index (Phi) is 4.66. The van der Waals surface area contributed by atoms with Gasteiger partial charge in [0, 0.05) is 11.8 Å². The molecule has 1 aromatic carbocycles. The maximum Gasteiger partial charge on any atom is 0.255 e. The van der Waals surface area contributed by atoms with Crippen LogP contribution in [0.2, 0.25) is 5.15 Å². The monoisotopic (exact) mass is 383 g/mol. The lowest BCUT2D eigenvalue weighted by molar-refractivity contribution is -0.122. The predicted molar refractivity (Wildman–Crippen MR) is 102 cm³/mol. The molecule has 1 aliphatic carbocycles. The van der Waals surface area contributed by atoms with E-state index >= 15 is 0 Å². The second kappa shape index (κ2) is 7.12. The van der Waals surface area contributed by atoms with Gasteiger partial charge in [-0.2, -0.15) is 0 Å². The van der Waals surface area contributed by atoms with Crippen molar-refractivity contribution in [2.75, 3.05) is 10.2 Å². The number of imide groups is 1. The normalized spacial score (nSPS) is 21.9. The number of amides is 3. The summed E-state index contributed by atoms with van der Waals surface area (Å²) in [6.07, 6.45) is 5.07. The topological polar surface area (TPSA) is 79.4 Å². The lowest BCUT2D eigenvalue weighted by atomic mass is 9.81. The maximum atomic E-state index is 12.7. The number of hydrogen-bond donors (Lipinski definition) is 1. The summed E-state index contributed by atoms with van der Waals surface area (Å²) in [5, 5.41) is 2.90. The van der Waals surface area contributed by atoms with Crippen LogP contribution in [-0.2, 0) is 9.59 Å². The van der Waals surface area contributed by atoms with Crippen LogP contribution < -0.4 is 10.2 Å². The molecule has 1 aliphatic heterocycles. The van der Waals surface area contributed by atoms with Crippen LogP contribution in [0.1, 0.15) is 36.0 Å². The largest absolute Gasteiger partial charge is 0.319 e. The molecule has 2 fully saturated rings. The van der Waals surface area contributed by atoms with Crippen molar-refractivity contribution in [1.82, 2.24) is 4.98 Å². The molecule has 7 heteroatoms. The summed E-state index contributed by atoms with van der Waals surface area (Å²) >= 11 is 5.95. The smallest absolute Gasteiger partial charge is 0.255 e. The zero-order valence-corrected chi connectivity index (χ0v) is 15.3. The fourth-order valence-electron chi connectivity index (χ4n) is 3.85.